The van der Waals surface area contributed by atoms with E-state index in [9.17, 15) is 14.0 Å². The third kappa shape index (κ3) is 3.64. The summed E-state index contributed by atoms with van der Waals surface area (Å²) in [6.07, 6.45) is 2.81. The Morgan fingerprint density at radius 3 is 2.78 bits per heavy atom. The van der Waals surface area contributed by atoms with E-state index in [0.29, 0.717) is 28.7 Å². The van der Waals surface area contributed by atoms with Crippen LogP contribution in [0.25, 0.3) is 22.0 Å². The van der Waals surface area contributed by atoms with Gasteiger partial charge in [0.2, 0.25) is 0 Å². The maximum atomic E-state index is 13.9. The number of carbonyl (C=O) groups is 1. The monoisotopic (exact) mass is 431 g/mol. The first-order chi connectivity index (χ1) is 15.6. The maximum Gasteiger partial charge on any atom is 0.287 e. The smallest absolute Gasteiger partial charge is 0.287 e. The molecule has 0 fully saturated rings. The summed E-state index contributed by atoms with van der Waals surface area (Å²) in [5, 5.41) is 8.18. The third-order valence-electron chi connectivity index (χ3n) is 5.18. The van der Waals surface area contributed by atoms with E-state index in [-0.39, 0.29) is 36.1 Å². The summed E-state index contributed by atoms with van der Waals surface area (Å²) in [5.41, 5.74) is 1.14. The highest BCUT2D eigenvalue weighted by atomic mass is 19.1. The van der Waals surface area contributed by atoms with Crippen LogP contribution in [-0.4, -0.2) is 31.8 Å². The number of halogens is 1. The number of nitrogens with one attached hydrogen (secondary N) is 1. The van der Waals surface area contributed by atoms with Gasteiger partial charge in [0.05, 0.1) is 19.3 Å². The molecule has 0 aliphatic heterocycles. The number of benzene rings is 2. The molecule has 0 spiro atoms. The fourth-order valence-corrected chi connectivity index (χ4v) is 3.54. The van der Waals surface area contributed by atoms with Gasteiger partial charge in [0.1, 0.15) is 23.1 Å². The number of amides is 1. The molecule has 2 aromatic carbocycles. The van der Waals surface area contributed by atoms with E-state index >= 15 is 0 Å². The van der Waals surface area contributed by atoms with E-state index in [2.05, 4.69) is 15.4 Å². The lowest BCUT2D eigenvalue weighted by Gasteiger charge is -2.07. The van der Waals surface area contributed by atoms with Gasteiger partial charge in [-0.05, 0) is 18.2 Å². The van der Waals surface area contributed by atoms with Gasteiger partial charge in [-0.15, -0.1) is 0 Å². The number of para-hydroxylation sites is 1. The molecule has 0 saturated carbocycles. The van der Waals surface area contributed by atoms with Crippen molar-refractivity contribution in [2.45, 2.75) is 13.1 Å². The molecule has 0 unspecified atom stereocenters. The Morgan fingerprint density at radius 1 is 1.12 bits per heavy atom. The lowest BCUT2D eigenvalue weighted by Crippen LogP contribution is -2.27. The molecule has 160 valence electrons. The second-order valence-electron chi connectivity index (χ2n) is 7.28. The summed E-state index contributed by atoms with van der Waals surface area (Å²) in [6, 6.07) is 15.4. The normalized spacial score (nSPS) is 11.3. The average Bonchev–Trinajstić information content (AvgIpc) is 3.42. The third-order valence-corrected chi connectivity index (χ3v) is 5.18. The van der Waals surface area contributed by atoms with Gasteiger partial charge in [0.25, 0.3) is 11.5 Å². The van der Waals surface area contributed by atoms with Crippen molar-refractivity contribution >= 4 is 27.9 Å². The van der Waals surface area contributed by atoms with E-state index in [1.54, 1.807) is 35.0 Å². The fourth-order valence-electron chi connectivity index (χ4n) is 3.54. The Bertz CT molecular complexity index is 1470. The zero-order chi connectivity index (χ0) is 22.1. The number of nitrogens with zero attached hydrogens (tertiary/aromatic N) is 4. The van der Waals surface area contributed by atoms with Crippen LogP contribution in [0.2, 0.25) is 0 Å². The Balaban J connectivity index is 1.29. The number of hydrogen-bond donors (Lipinski definition) is 1. The van der Waals surface area contributed by atoms with E-state index in [4.69, 9.17) is 4.42 Å². The minimum Gasteiger partial charge on any atom is -0.451 e. The first-order valence-corrected chi connectivity index (χ1v) is 10.0. The van der Waals surface area contributed by atoms with Crippen molar-refractivity contribution in [3.05, 3.63) is 94.6 Å². The van der Waals surface area contributed by atoms with Gasteiger partial charge in [-0.1, -0.05) is 36.4 Å². The van der Waals surface area contributed by atoms with Gasteiger partial charge in [0.15, 0.2) is 11.4 Å². The summed E-state index contributed by atoms with van der Waals surface area (Å²) >= 11 is 0. The number of carbonyl (C=O) groups excluding carboxylic acids is 1. The van der Waals surface area contributed by atoms with Crippen LogP contribution in [0.15, 0.2) is 76.3 Å². The van der Waals surface area contributed by atoms with Crippen molar-refractivity contribution in [1.29, 1.82) is 0 Å². The lowest BCUT2D eigenvalue weighted by molar-refractivity contribution is 0.0926. The molecular formula is C23H18FN5O3. The SMILES string of the molecule is O=C(NCCn1ncc2c(=O)n(Cc3ccccc3F)cnc21)c1cc2ccccc2o1. The predicted molar refractivity (Wildman–Crippen MR) is 116 cm³/mol. The fraction of sp³-hybridized carbons (Fsp3) is 0.130. The molecule has 0 aliphatic rings. The van der Waals surface area contributed by atoms with E-state index in [0.717, 1.165) is 5.39 Å². The van der Waals surface area contributed by atoms with Crippen LogP contribution < -0.4 is 10.9 Å². The van der Waals surface area contributed by atoms with E-state index < -0.39 is 0 Å². The van der Waals surface area contributed by atoms with Crippen molar-refractivity contribution < 1.29 is 13.6 Å². The first-order valence-electron chi connectivity index (χ1n) is 10.0. The molecule has 32 heavy (non-hydrogen) atoms. The Kier molecular flexibility index (Phi) is 4.98. The van der Waals surface area contributed by atoms with Crippen molar-refractivity contribution in [3.63, 3.8) is 0 Å². The van der Waals surface area contributed by atoms with Crippen LogP contribution in [0.3, 0.4) is 0 Å². The minimum absolute atomic E-state index is 0.0766. The topological polar surface area (TPSA) is 95.0 Å². The Morgan fingerprint density at radius 2 is 1.94 bits per heavy atom. The van der Waals surface area contributed by atoms with Crippen molar-refractivity contribution in [2.75, 3.05) is 6.54 Å². The zero-order valence-electron chi connectivity index (χ0n) is 16.9. The van der Waals surface area contributed by atoms with Gasteiger partial charge in [-0.25, -0.2) is 14.1 Å². The average molecular weight is 431 g/mol. The largest absolute Gasteiger partial charge is 0.451 e. The minimum atomic E-state index is -0.379. The van der Waals surface area contributed by atoms with Gasteiger partial charge < -0.3 is 9.73 Å². The molecule has 3 aromatic heterocycles. The standard InChI is InChI=1S/C23H18FN5O3/c24-18-7-3-1-6-16(18)13-28-14-26-21-17(23(28)31)12-27-29(21)10-9-25-22(30)20-11-15-5-2-4-8-19(15)32-20/h1-8,11-12,14H,9-10,13H2,(H,25,30). The lowest BCUT2D eigenvalue weighted by atomic mass is 10.2. The molecule has 8 nitrogen and oxygen atoms in total. The highest BCUT2D eigenvalue weighted by Gasteiger charge is 2.14. The second kappa shape index (κ2) is 8.10. The number of aromatic nitrogens is 4. The number of fused-ring (bicyclic) bond motifs is 2. The quantitative estimate of drug-likeness (QED) is 0.446. The summed E-state index contributed by atoms with van der Waals surface area (Å²) in [7, 11) is 0. The summed E-state index contributed by atoms with van der Waals surface area (Å²) in [5.74, 6) is -0.487. The van der Waals surface area contributed by atoms with Crippen molar-refractivity contribution in [3.8, 4) is 0 Å². The van der Waals surface area contributed by atoms with Crippen LogP contribution in [0.1, 0.15) is 16.1 Å². The molecule has 5 rings (SSSR count). The van der Waals surface area contributed by atoms with Gasteiger partial charge >= 0.3 is 0 Å². The molecule has 1 N–H and O–H groups in total. The van der Waals surface area contributed by atoms with Crippen LogP contribution in [0, 0.1) is 5.82 Å². The molecule has 0 bridgehead atoms. The molecule has 0 aliphatic carbocycles. The van der Waals surface area contributed by atoms with E-state index in [1.165, 1.54) is 23.2 Å². The second-order valence-corrected chi connectivity index (χ2v) is 7.28. The molecular weight excluding hydrogens is 413 g/mol. The molecule has 0 atom stereocenters. The van der Waals surface area contributed by atoms with Crippen LogP contribution in [0.5, 0.6) is 0 Å². The van der Waals surface area contributed by atoms with Crippen LogP contribution in [-0.2, 0) is 13.1 Å². The summed E-state index contributed by atoms with van der Waals surface area (Å²) in [4.78, 5) is 29.5. The molecule has 9 heteroatoms. The molecule has 3 heterocycles. The van der Waals surface area contributed by atoms with Gasteiger partial charge in [-0.3, -0.25) is 14.2 Å². The van der Waals surface area contributed by atoms with Crippen molar-refractivity contribution in [2.24, 2.45) is 0 Å². The highest BCUT2D eigenvalue weighted by molar-refractivity contribution is 5.96. The Labute approximate surface area is 180 Å². The summed E-state index contributed by atoms with van der Waals surface area (Å²) in [6.45, 7) is 0.666. The molecule has 1 amide bonds. The van der Waals surface area contributed by atoms with E-state index in [1.807, 2.05) is 18.2 Å². The number of hydrogen-bond acceptors (Lipinski definition) is 5. The van der Waals surface area contributed by atoms with Crippen molar-refractivity contribution in [1.82, 2.24) is 24.6 Å². The molecule has 5 aromatic rings. The zero-order valence-corrected chi connectivity index (χ0v) is 16.9. The maximum absolute atomic E-state index is 13.9. The Hall–Kier alpha value is -4.27. The van der Waals surface area contributed by atoms with Gasteiger partial charge in [0, 0.05) is 17.5 Å². The number of furan rings is 1. The van der Waals surface area contributed by atoms with Crippen LogP contribution in [0.4, 0.5) is 4.39 Å². The first kappa shape index (κ1) is 19.7. The van der Waals surface area contributed by atoms with Gasteiger partial charge in [-0.2, -0.15) is 5.10 Å². The molecule has 0 saturated heterocycles. The highest BCUT2D eigenvalue weighted by Crippen LogP contribution is 2.18. The predicted octanol–water partition coefficient (Wildman–Crippen LogP) is 2.96. The van der Waals surface area contributed by atoms with Crippen LogP contribution >= 0.6 is 0 Å². The summed E-state index contributed by atoms with van der Waals surface area (Å²) < 4.78 is 22.4. The number of rotatable bonds is 6. The molecule has 0 radical (unpaired) electrons.